The van der Waals surface area contributed by atoms with Crippen molar-refractivity contribution in [3.63, 3.8) is 0 Å². The molecule has 0 aliphatic carbocycles. The van der Waals surface area contributed by atoms with Crippen LogP contribution in [0.2, 0.25) is 0 Å². The molecule has 1 atom stereocenters. The molecule has 0 spiro atoms. The molecule has 36 heavy (non-hydrogen) atoms. The molecule has 11 heteroatoms. The first-order chi connectivity index (χ1) is 16.9. The number of ether oxygens (including phenoxy) is 1. The van der Waals surface area contributed by atoms with Crippen LogP contribution in [0.15, 0.2) is 65.6 Å². The lowest BCUT2D eigenvalue weighted by Crippen LogP contribution is -2.43. The molecule has 3 aromatic rings. The molecule has 6 nitrogen and oxygen atoms in total. The van der Waals surface area contributed by atoms with E-state index < -0.39 is 44.5 Å². The lowest BCUT2D eigenvalue weighted by atomic mass is 9.99. The van der Waals surface area contributed by atoms with Crippen LogP contribution in [0.4, 0.5) is 23.2 Å². The quantitative estimate of drug-likeness (QED) is 0.423. The summed E-state index contributed by atoms with van der Waals surface area (Å²) in [5.41, 5.74) is 0.245. The second kappa shape index (κ2) is 9.45. The molecular weight excluding hydrogens is 502 g/mol. The van der Waals surface area contributed by atoms with E-state index in [1.165, 1.54) is 24.3 Å². The average molecular weight is 524 g/mol. The van der Waals surface area contributed by atoms with Crippen molar-refractivity contribution in [2.45, 2.75) is 36.9 Å². The van der Waals surface area contributed by atoms with Crippen molar-refractivity contribution in [3.05, 3.63) is 77.6 Å². The lowest BCUT2D eigenvalue weighted by molar-refractivity contribution is -0.138. The van der Waals surface area contributed by atoms with Crippen LogP contribution in [-0.4, -0.2) is 32.1 Å². The highest BCUT2D eigenvalue weighted by Crippen LogP contribution is 2.41. The van der Waals surface area contributed by atoms with Gasteiger partial charge in [0, 0.05) is 6.42 Å². The van der Waals surface area contributed by atoms with Crippen LogP contribution in [0.3, 0.4) is 0 Å². The van der Waals surface area contributed by atoms with Gasteiger partial charge in [-0.15, -0.1) is 0 Å². The molecule has 1 aliphatic rings. The summed E-state index contributed by atoms with van der Waals surface area (Å²) in [6, 6.07) is 12.4. The van der Waals surface area contributed by atoms with Crippen molar-refractivity contribution >= 4 is 21.7 Å². The fraction of sp³-hybridized carbons (Fsp3) is 0.240. The number of hydrogen-bond donors (Lipinski definition) is 1. The number of carbonyl (C=O) groups is 1. The largest absolute Gasteiger partial charge is 0.486 e. The number of sulfonamides is 1. The summed E-state index contributed by atoms with van der Waals surface area (Å²) in [4.78, 5) is 10.5. The van der Waals surface area contributed by atoms with Gasteiger partial charge in [0.25, 0.3) is 10.0 Å². The van der Waals surface area contributed by atoms with Gasteiger partial charge in [0.2, 0.25) is 0 Å². The number of fused-ring (bicyclic) bond motifs is 1. The Morgan fingerprint density at radius 3 is 2.53 bits per heavy atom. The smallest absolute Gasteiger partial charge is 0.416 e. The molecule has 1 unspecified atom stereocenters. The molecule has 3 aromatic carbocycles. The highest BCUT2D eigenvalue weighted by atomic mass is 32.2. The van der Waals surface area contributed by atoms with E-state index in [0.717, 1.165) is 22.5 Å². The minimum atomic E-state index is -4.75. The Labute approximate surface area is 204 Å². The van der Waals surface area contributed by atoms with Crippen molar-refractivity contribution in [3.8, 4) is 16.9 Å². The van der Waals surface area contributed by atoms with E-state index in [-0.39, 0.29) is 30.8 Å². The van der Waals surface area contributed by atoms with E-state index >= 15 is 0 Å². The third kappa shape index (κ3) is 5.01. The first-order valence-electron chi connectivity index (χ1n) is 10.9. The normalized spacial score (nSPS) is 15.8. The van der Waals surface area contributed by atoms with Gasteiger partial charge in [-0.1, -0.05) is 24.3 Å². The Hall–Kier alpha value is -3.60. The molecule has 190 valence electrons. The van der Waals surface area contributed by atoms with Crippen LogP contribution >= 0.6 is 0 Å². The Morgan fingerprint density at radius 1 is 1.11 bits per heavy atom. The molecule has 0 fully saturated rings. The van der Waals surface area contributed by atoms with Crippen molar-refractivity contribution in [2.75, 3.05) is 10.8 Å². The van der Waals surface area contributed by atoms with Gasteiger partial charge >= 0.3 is 12.1 Å². The Kier molecular flexibility index (Phi) is 6.70. The number of nitrogens with zero attached hydrogens (tertiary/aromatic N) is 1. The van der Waals surface area contributed by atoms with Crippen molar-refractivity contribution < 1.29 is 40.6 Å². The molecule has 1 heterocycles. The first kappa shape index (κ1) is 25.5. The van der Waals surface area contributed by atoms with Crippen LogP contribution in [0, 0.1) is 12.7 Å². The fourth-order valence-corrected chi connectivity index (χ4v) is 5.57. The maximum atomic E-state index is 14.2. The van der Waals surface area contributed by atoms with Gasteiger partial charge in [-0.05, 0) is 66.4 Å². The maximum absolute atomic E-state index is 14.2. The molecule has 4 rings (SSSR count). The van der Waals surface area contributed by atoms with Crippen molar-refractivity contribution in [1.82, 2.24) is 0 Å². The zero-order chi connectivity index (χ0) is 26.3. The number of halogens is 4. The summed E-state index contributed by atoms with van der Waals surface area (Å²) < 4.78 is 88.0. The second-order valence-electron chi connectivity index (χ2n) is 8.33. The number of rotatable bonds is 6. The van der Waals surface area contributed by atoms with E-state index in [1.807, 2.05) is 0 Å². The van der Waals surface area contributed by atoms with Gasteiger partial charge in [0.1, 0.15) is 17.7 Å². The Morgan fingerprint density at radius 2 is 1.83 bits per heavy atom. The van der Waals surface area contributed by atoms with E-state index in [4.69, 9.17) is 9.84 Å². The predicted octanol–water partition coefficient (Wildman–Crippen LogP) is 5.64. The summed E-state index contributed by atoms with van der Waals surface area (Å²) >= 11 is 0. The zero-order valence-corrected chi connectivity index (χ0v) is 19.7. The van der Waals surface area contributed by atoms with Gasteiger partial charge in [0.05, 0.1) is 22.7 Å². The van der Waals surface area contributed by atoms with Gasteiger partial charge < -0.3 is 9.84 Å². The standard InChI is InChI=1S/C25H21F4NO5S/c1-15-20(6-3-7-21(15)26)16-8-10-23-22(12-16)30(14-18(35-23)9-11-24(31)32)36(33,34)19-5-2-4-17(13-19)25(27,28)29/h2-8,10,12-13,18H,9,11,14H2,1H3,(H,31,32). The van der Waals surface area contributed by atoms with E-state index in [9.17, 15) is 30.8 Å². The van der Waals surface area contributed by atoms with Gasteiger partial charge in [-0.2, -0.15) is 13.2 Å². The fourth-order valence-electron chi connectivity index (χ4n) is 4.02. The highest BCUT2D eigenvalue weighted by molar-refractivity contribution is 7.92. The molecule has 0 aromatic heterocycles. The van der Waals surface area contributed by atoms with Gasteiger partial charge in [0.15, 0.2) is 0 Å². The predicted molar refractivity (Wildman–Crippen MR) is 124 cm³/mol. The van der Waals surface area contributed by atoms with Gasteiger partial charge in [-0.25, -0.2) is 12.8 Å². The monoisotopic (exact) mass is 523 g/mol. The average Bonchev–Trinajstić information content (AvgIpc) is 2.83. The number of carboxylic acid groups (broad SMARTS) is 1. The van der Waals surface area contributed by atoms with Gasteiger partial charge in [-0.3, -0.25) is 9.10 Å². The van der Waals surface area contributed by atoms with E-state index in [1.54, 1.807) is 19.1 Å². The number of aliphatic carboxylic acids is 1. The maximum Gasteiger partial charge on any atom is 0.416 e. The summed E-state index contributed by atoms with van der Waals surface area (Å²) in [5, 5.41) is 9.04. The van der Waals surface area contributed by atoms with Crippen molar-refractivity contribution in [1.29, 1.82) is 0 Å². The lowest BCUT2D eigenvalue weighted by Gasteiger charge is -2.36. The molecule has 1 N–H and O–H groups in total. The molecule has 0 bridgehead atoms. The Bertz CT molecular complexity index is 1420. The summed E-state index contributed by atoms with van der Waals surface area (Å²) in [7, 11) is -4.52. The van der Waals surface area contributed by atoms with Crippen LogP contribution in [0.1, 0.15) is 24.0 Å². The second-order valence-corrected chi connectivity index (χ2v) is 10.2. The van der Waals surface area contributed by atoms with Crippen LogP contribution in [0.25, 0.3) is 11.1 Å². The number of anilines is 1. The van der Waals surface area contributed by atoms with E-state index in [2.05, 4.69) is 0 Å². The van der Waals surface area contributed by atoms with Crippen molar-refractivity contribution in [2.24, 2.45) is 0 Å². The molecule has 0 saturated carbocycles. The zero-order valence-electron chi connectivity index (χ0n) is 18.9. The Balaban J connectivity index is 1.83. The minimum absolute atomic E-state index is 0.0197. The third-order valence-corrected chi connectivity index (χ3v) is 7.67. The van der Waals surface area contributed by atoms with E-state index in [0.29, 0.717) is 22.8 Å². The first-order valence-corrected chi connectivity index (χ1v) is 12.3. The third-order valence-electron chi connectivity index (χ3n) is 5.90. The topological polar surface area (TPSA) is 83.9 Å². The molecular formula is C25H21F4NO5S. The molecule has 0 saturated heterocycles. The molecule has 0 radical (unpaired) electrons. The van der Waals surface area contributed by atoms with Crippen LogP contribution in [0.5, 0.6) is 5.75 Å². The molecule has 1 aliphatic heterocycles. The molecule has 0 amide bonds. The van der Waals surface area contributed by atoms with Crippen LogP contribution < -0.4 is 9.04 Å². The summed E-state index contributed by atoms with van der Waals surface area (Å²) in [5.74, 6) is -1.44. The summed E-state index contributed by atoms with van der Waals surface area (Å²) in [6.07, 6.45) is -5.91. The summed E-state index contributed by atoms with van der Waals surface area (Å²) in [6.45, 7) is 1.25. The SMILES string of the molecule is Cc1c(F)cccc1-c1ccc2c(c1)N(S(=O)(=O)c1cccc(C(F)(F)F)c1)CC(CCC(=O)O)O2. The van der Waals surface area contributed by atoms with Crippen LogP contribution in [-0.2, 0) is 21.0 Å². The number of benzene rings is 3. The number of alkyl halides is 3. The minimum Gasteiger partial charge on any atom is -0.486 e. The number of carboxylic acids is 1. The highest BCUT2D eigenvalue weighted by Gasteiger charge is 2.37. The number of hydrogen-bond acceptors (Lipinski definition) is 4.